The van der Waals surface area contributed by atoms with Crippen molar-refractivity contribution in [2.24, 2.45) is 5.92 Å². The van der Waals surface area contributed by atoms with E-state index in [9.17, 15) is 4.79 Å². The van der Waals surface area contributed by atoms with Crippen LogP contribution in [0.2, 0.25) is 5.02 Å². The fraction of sp³-hybridized carbons (Fsp3) is 0.538. The highest BCUT2D eigenvalue weighted by Gasteiger charge is 2.16. The normalized spacial score (nSPS) is 18.3. The highest BCUT2D eigenvalue weighted by Crippen LogP contribution is 2.19. The SMILES string of the molecule is CNc1ncc(C(=O)NCCC2CCOC2)cc1Cl. The maximum Gasteiger partial charge on any atom is 0.252 e. The summed E-state index contributed by atoms with van der Waals surface area (Å²) in [5.74, 6) is 0.992. The quantitative estimate of drug-likeness (QED) is 0.867. The van der Waals surface area contributed by atoms with Gasteiger partial charge in [-0.15, -0.1) is 0 Å². The number of anilines is 1. The molecule has 6 heteroatoms. The number of pyridine rings is 1. The Morgan fingerprint density at radius 2 is 2.47 bits per heavy atom. The highest BCUT2D eigenvalue weighted by molar-refractivity contribution is 6.33. The Bertz CT molecular complexity index is 448. The molecule has 1 aromatic rings. The lowest BCUT2D eigenvalue weighted by molar-refractivity contribution is 0.0950. The van der Waals surface area contributed by atoms with Crippen LogP contribution in [0.5, 0.6) is 0 Å². The number of hydrogen-bond donors (Lipinski definition) is 2. The monoisotopic (exact) mass is 283 g/mol. The van der Waals surface area contributed by atoms with E-state index in [1.165, 1.54) is 6.20 Å². The Morgan fingerprint density at radius 3 is 3.11 bits per heavy atom. The van der Waals surface area contributed by atoms with Crippen molar-refractivity contribution >= 4 is 23.3 Å². The molecule has 1 aliphatic rings. The van der Waals surface area contributed by atoms with Crippen LogP contribution in [0.4, 0.5) is 5.82 Å². The van der Waals surface area contributed by atoms with E-state index in [1.807, 2.05) is 0 Å². The predicted octanol–water partition coefficient (Wildman–Crippen LogP) is 1.93. The average Bonchev–Trinajstić information content (AvgIpc) is 2.91. The summed E-state index contributed by atoms with van der Waals surface area (Å²) in [6.07, 6.45) is 3.55. The molecule has 1 atom stereocenters. The maximum atomic E-state index is 11.9. The number of aromatic nitrogens is 1. The van der Waals surface area contributed by atoms with E-state index in [0.29, 0.717) is 28.9 Å². The standard InChI is InChI=1S/C13H18ClN3O2/c1-15-12-11(14)6-10(7-17-12)13(18)16-4-2-9-3-5-19-8-9/h6-7,9H,2-5,8H2,1H3,(H,15,17)(H,16,18). The Hall–Kier alpha value is -1.33. The summed E-state index contributed by atoms with van der Waals surface area (Å²) in [6, 6.07) is 1.62. The zero-order valence-corrected chi connectivity index (χ0v) is 11.7. The van der Waals surface area contributed by atoms with Crippen LogP contribution in [0.15, 0.2) is 12.3 Å². The van der Waals surface area contributed by atoms with E-state index in [1.54, 1.807) is 13.1 Å². The number of nitrogens with zero attached hydrogens (tertiary/aromatic N) is 1. The van der Waals surface area contributed by atoms with Crippen molar-refractivity contribution in [3.8, 4) is 0 Å². The summed E-state index contributed by atoms with van der Waals surface area (Å²) in [6.45, 7) is 2.29. The Balaban J connectivity index is 1.83. The Kier molecular flexibility index (Phi) is 4.99. The van der Waals surface area contributed by atoms with Crippen LogP contribution in [0.1, 0.15) is 23.2 Å². The zero-order valence-electron chi connectivity index (χ0n) is 10.9. The van der Waals surface area contributed by atoms with Crippen LogP contribution in [0.3, 0.4) is 0 Å². The minimum Gasteiger partial charge on any atom is -0.381 e. The van der Waals surface area contributed by atoms with Gasteiger partial charge in [0.25, 0.3) is 5.91 Å². The first-order valence-corrected chi connectivity index (χ1v) is 6.77. The van der Waals surface area contributed by atoms with Crippen molar-refractivity contribution in [3.05, 3.63) is 22.8 Å². The molecule has 0 aliphatic carbocycles. The van der Waals surface area contributed by atoms with Gasteiger partial charge in [0.1, 0.15) is 5.82 Å². The third-order valence-corrected chi connectivity index (χ3v) is 3.49. The van der Waals surface area contributed by atoms with Crippen LogP contribution in [-0.2, 0) is 4.74 Å². The van der Waals surface area contributed by atoms with Gasteiger partial charge in [0.15, 0.2) is 0 Å². The smallest absolute Gasteiger partial charge is 0.252 e. The fourth-order valence-electron chi connectivity index (χ4n) is 2.05. The van der Waals surface area contributed by atoms with Crippen molar-refractivity contribution in [1.82, 2.24) is 10.3 Å². The number of ether oxygens (including phenoxy) is 1. The first kappa shape index (κ1) is 14.1. The zero-order chi connectivity index (χ0) is 13.7. The molecule has 0 aromatic carbocycles. The molecular formula is C13H18ClN3O2. The van der Waals surface area contributed by atoms with E-state index >= 15 is 0 Å². The number of halogens is 1. The number of carbonyl (C=O) groups is 1. The minimum absolute atomic E-state index is 0.143. The Labute approximate surface area is 117 Å². The lowest BCUT2D eigenvalue weighted by atomic mass is 10.1. The molecule has 0 spiro atoms. The molecule has 1 aliphatic heterocycles. The largest absolute Gasteiger partial charge is 0.381 e. The van der Waals surface area contributed by atoms with Crippen molar-refractivity contribution in [3.63, 3.8) is 0 Å². The molecule has 1 aromatic heterocycles. The average molecular weight is 284 g/mol. The molecule has 0 saturated carbocycles. The van der Waals surface area contributed by atoms with E-state index < -0.39 is 0 Å². The predicted molar refractivity (Wildman–Crippen MR) is 74.7 cm³/mol. The van der Waals surface area contributed by atoms with Crippen LogP contribution in [0, 0.1) is 5.92 Å². The van der Waals surface area contributed by atoms with Gasteiger partial charge in [-0.25, -0.2) is 4.98 Å². The molecule has 2 N–H and O–H groups in total. The molecule has 0 bridgehead atoms. The van der Waals surface area contributed by atoms with E-state index in [-0.39, 0.29) is 5.91 Å². The van der Waals surface area contributed by atoms with E-state index in [2.05, 4.69) is 15.6 Å². The molecule has 19 heavy (non-hydrogen) atoms. The molecule has 1 saturated heterocycles. The lowest BCUT2D eigenvalue weighted by Crippen LogP contribution is -2.26. The Morgan fingerprint density at radius 1 is 1.63 bits per heavy atom. The van der Waals surface area contributed by atoms with Gasteiger partial charge in [-0.3, -0.25) is 4.79 Å². The second-order valence-corrected chi connectivity index (χ2v) is 4.99. The number of rotatable bonds is 5. The third kappa shape index (κ3) is 3.81. The first-order valence-electron chi connectivity index (χ1n) is 6.40. The van der Waals surface area contributed by atoms with Crippen LogP contribution in [-0.4, -0.2) is 37.7 Å². The van der Waals surface area contributed by atoms with Gasteiger partial charge >= 0.3 is 0 Å². The van der Waals surface area contributed by atoms with Crippen molar-refractivity contribution < 1.29 is 9.53 Å². The lowest BCUT2D eigenvalue weighted by Gasteiger charge is -2.09. The summed E-state index contributed by atoms with van der Waals surface area (Å²) in [5, 5.41) is 6.17. The molecule has 0 radical (unpaired) electrons. The summed E-state index contributed by atoms with van der Waals surface area (Å²) in [7, 11) is 1.73. The molecule has 2 heterocycles. The van der Waals surface area contributed by atoms with E-state index in [4.69, 9.17) is 16.3 Å². The number of amides is 1. The third-order valence-electron chi connectivity index (χ3n) is 3.20. The van der Waals surface area contributed by atoms with Crippen LogP contribution >= 0.6 is 11.6 Å². The van der Waals surface area contributed by atoms with Crippen LogP contribution in [0.25, 0.3) is 0 Å². The van der Waals surface area contributed by atoms with Crippen molar-refractivity contribution in [2.75, 3.05) is 32.1 Å². The highest BCUT2D eigenvalue weighted by atomic mass is 35.5. The van der Waals surface area contributed by atoms with Gasteiger partial charge in [0, 0.05) is 33.0 Å². The molecule has 2 rings (SSSR count). The summed E-state index contributed by atoms with van der Waals surface area (Å²) in [5.41, 5.74) is 0.478. The van der Waals surface area contributed by atoms with E-state index in [0.717, 1.165) is 26.1 Å². The van der Waals surface area contributed by atoms with Gasteiger partial charge < -0.3 is 15.4 Å². The second kappa shape index (κ2) is 6.73. The number of carbonyl (C=O) groups excluding carboxylic acids is 1. The topological polar surface area (TPSA) is 63.2 Å². The van der Waals surface area contributed by atoms with Crippen molar-refractivity contribution in [1.29, 1.82) is 0 Å². The number of nitrogens with one attached hydrogen (secondary N) is 2. The molecule has 1 amide bonds. The first-order chi connectivity index (χ1) is 9.20. The summed E-state index contributed by atoms with van der Waals surface area (Å²) >= 11 is 5.99. The van der Waals surface area contributed by atoms with Gasteiger partial charge in [-0.05, 0) is 24.8 Å². The molecule has 5 nitrogen and oxygen atoms in total. The van der Waals surface area contributed by atoms with Gasteiger partial charge in [-0.2, -0.15) is 0 Å². The summed E-state index contributed by atoms with van der Waals surface area (Å²) < 4.78 is 5.29. The van der Waals surface area contributed by atoms with Crippen LogP contribution < -0.4 is 10.6 Å². The van der Waals surface area contributed by atoms with Gasteiger partial charge in [0.2, 0.25) is 0 Å². The maximum absolute atomic E-state index is 11.9. The number of hydrogen-bond acceptors (Lipinski definition) is 4. The molecule has 104 valence electrons. The molecule has 1 fully saturated rings. The second-order valence-electron chi connectivity index (χ2n) is 4.58. The van der Waals surface area contributed by atoms with Gasteiger partial charge in [-0.1, -0.05) is 11.6 Å². The molecular weight excluding hydrogens is 266 g/mol. The summed E-state index contributed by atoms with van der Waals surface area (Å²) in [4.78, 5) is 16.0. The molecule has 1 unspecified atom stereocenters. The van der Waals surface area contributed by atoms with Crippen molar-refractivity contribution in [2.45, 2.75) is 12.8 Å². The minimum atomic E-state index is -0.143. The fourth-order valence-corrected chi connectivity index (χ4v) is 2.31. The van der Waals surface area contributed by atoms with Gasteiger partial charge in [0.05, 0.1) is 10.6 Å².